The number of hydrogen-bond acceptors (Lipinski definition) is 2. The van der Waals surface area contributed by atoms with Crippen molar-refractivity contribution in [3.05, 3.63) is 65.2 Å². The number of carbonyl (C=O) groups excluding carboxylic acids is 1. The van der Waals surface area contributed by atoms with Crippen molar-refractivity contribution in [3.8, 4) is 11.3 Å². The maximum Gasteiger partial charge on any atom is 0.252 e. The van der Waals surface area contributed by atoms with Gasteiger partial charge in [-0.15, -0.1) is 0 Å². The largest absolute Gasteiger partial charge is 0.349 e. The molecule has 0 aliphatic heterocycles. The minimum Gasteiger partial charge on any atom is -0.349 e. The van der Waals surface area contributed by atoms with Gasteiger partial charge in [0.2, 0.25) is 0 Å². The summed E-state index contributed by atoms with van der Waals surface area (Å²) < 4.78 is 0. The Morgan fingerprint density at radius 3 is 2.54 bits per heavy atom. The number of rotatable bonds is 3. The minimum absolute atomic E-state index is 0.0382. The van der Waals surface area contributed by atoms with E-state index in [1.807, 2.05) is 54.6 Å². The first-order valence-corrected chi connectivity index (χ1v) is 9.56. The molecule has 2 aromatic carbocycles. The van der Waals surface area contributed by atoms with Crippen LogP contribution >= 0.6 is 11.6 Å². The van der Waals surface area contributed by atoms with E-state index in [4.69, 9.17) is 16.6 Å². The van der Waals surface area contributed by atoms with Crippen molar-refractivity contribution in [2.45, 2.75) is 38.1 Å². The van der Waals surface area contributed by atoms with Gasteiger partial charge in [0.15, 0.2) is 0 Å². The van der Waals surface area contributed by atoms with Crippen molar-refractivity contribution in [1.29, 1.82) is 0 Å². The van der Waals surface area contributed by atoms with E-state index >= 15 is 0 Å². The number of aromatic nitrogens is 1. The predicted molar refractivity (Wildman–Crippen MR) is 107 cm³/mol. The van der Waals surface area contributed by atoms with Crippen molar-refractivity contribution >= 4 is 28.4 Å². The molecule has 0 spiro atoms. The molecular formula is C22H21ClN2O. The topological polar surface area (TPSA) is 42.0 Å². The van der Waals surface area contributed by atoms with E-state index < -0.39 is 0 Å². The van der Waals surface area contributed by atoms with Gasteiger partial charge in [-0.2, -0.15) is 0 Å². The van der Waals surface area contributed by atoms with Gasteiger partial charge >= 0.3 is 0 Å². The summed E-state index contributed by atoms with van der Waals surface area (Å²) in [7, 11) is 0. The summed E-state index contributed by atoms with van der Waals surface area (Å²) in [6, 6.07) is 17.6. The first-order chi connectivity index (χ1) is 12.7. The summed E-state index contributed by atoms with van der Waals surface area (Å²) in [5.74, 6) is -0.0382. The molecule has 0 saturated heterocycles. The first-order valence-electron chi connectivity index (χ1n) is 9.18. The van der Waals surface area contributed by atoms with Crippen LogP contribution < -0.4 is 5.32 Å². The Morgan fingerprint density at radius 2 is 1.77 bits per heavy atom. The highest BCUT2D eigenvalue weighted by atomic mass is 35.5. The van der Waals surface area contributed by atoms with Gasteiger partial charge < -0.3 is 5.32 Å². The summed E-state index contributed by atoms with van der Waals surface area (Å²) in [5, 5.41) is 4.57. The number of fused-ring (bicyclic) bond motifs is 1. The van der Waals surface area contributed by atoms with E-state index in [0.717, 1.165) is 29.5 Å². The fraction of sp³-hybridized carbons (Fsp3) is 0.273. The molecule has 0 bridgehead atoms. The molecule has 1 saturated carbocycles. The lowest BCUT2D eigenvalue weighted by Crippen LogP contribution is -2.36. The van der Waals surface area contributed by atoms with E-state index in [9.17, 15) is 4.79 Å². The molecule has 1 aromatic heterocycles. The SMILES string of the molecule is O=C(NC1CCCCC1)c1cc(-c2ccccc2)nc2c(Cl)cccc12. The number of carbonyl (C=O) groups is 1. The minimum atomic E-state index is -0.0382. The lowest BCUT2D eigenvalue weighted by Gasteiger charge is -2.23. The summed E-state index contributed by atoms with van der Waals surface area (Å²) in [4.78, 5) is 17.8. The second-order valence-electron chi connectivity index (χ2n) is 6.87. The van der Waals surface area contributed by atoms with Crippen LogP contribution in [-0.4, -0.2) is 16.9 Å². The van der Waals surface area contributed by atoms with Crippen molar-refractivity contribution < 1.29 is 4.79 Å². The normalized spacial score (nSPS) is 15.1. The number of nitrogens with zero attached hydrogens (tertiary/aromatic N) is 1. The van der Waals surface area contributed by atoms with Crippen LogP contribution in [0.2, 0.25) is 5.02 Å². The number of nitrogens with one attached hydrogen (secondary N) is 1. The van der Waals surface area contributed by atoms with Gasteiger partial charge in [0.05, 0.1) is 21.8 Å². The zero-order chi connectivity index (χ0) is 17.9. The maximum absolute atomic E-state index is 13.0. The summed E-state index contributed by atoms with van der Waals surface area (Å²) in [6.45, 7) is 0. The standard InChI is InChI=1S/C22H21ClN2O/c23-19-13-7-12-17-18(22(26)24-16-10-5-2-6-11-16)14-20(25-21(17)19)15-8-3-1-4-9-15/h1,3-4,7-9,12-14,16H,2,5-6,10-11H2,(H,24,26). The highest BCUT2D eigenvalue weighted by molar-refractivity contribution is 6.35. The fourth-order valence-corrected chi connectivity index (χ4v) is 3.89. The van der Waals surface area contributed by atoms with Gasteiger partial charge in [0, 0.05) is 17.0 Å². The molecule has 1 fully saturated rings. The molecule has 1 aliphatic rings. The molecule has 0 atom stereocenters. The third-order valence-electron chi connectivity index (χ3n) is 5.04. The van der Waals surface area contributed by atoms with E-state index in [2.05, 4.69) is 5.32 Å². The fourth-order valence-electron chi connectivity index (χ4n) is 3.67. The molecule has 0 unspecified atom stereocenters. The molecule has 1 amide bonds. The van der Waals surface area contributed by atoms with Gasteiger partial charge in [-0.25, -0.2) is 4.98 Å². The number of pyridine rings is 1. The predicted octanol–water partition coefficient (Wildman–Crippen LogP) is 5.62. The second-order valence-corrected chi connectivity index (χ2v) is 7.27. The smallest absolute Gasteiger partial charge is 0.252 e. The zero-order valence-corrected chi connectivity index (χ0v) is 15.3. The first kappa shape index (κ1) is 17.0. The molecule has 1 N–H and O–H groups in total. The Hall–Kier alpha value is -2.39. The van der Waals surface area contributed by atoms with Crippen molar-refractivity contribution in [2.24, 2.45) is 0 Å². The van der Waals surface area contributed by atoms with Crippen molar-refractivity contribution in [1.82, 2.24) is 10.3 Å². The molecule has 1 heterocycles. The molecule has 3 aromatic rings. The molecule has 4 rings (SSSR count). The van der Waals surface area contributed by atoms with Gasteiger partial charge in [-0.3, -0.25) is 4.79 Å². The van der Waals surface area contributed by atoms with Gasteiger partial charge in [-0.05, 0) is 25.0 Å². The highest BCUT2D eigenvalue weighted by Crippen LogP contribution is 2.29. The Labute approximate surface area is 158 Å². The average molecular weight is 365 g/mol. The number of halogens is 1. The van der Waals surface area contributed by atoms with Crippen LogP contribution in [-0.2, 0) is 0 Å². The van der Waals surface area contributed by atoms with Gasteiger partial charge in [-0.1, -0.05) is 73.3 Å². The van der Waals surface area contributed by atoms with Crippen LogP contribution in [0.25, 0.3) is 22.2 Å². The molecule has 0 radical (unpaired) electrons. The number of hydrogen-bond donors (Lipinski definition) is 1. The Kier molecular flexibility index (Phi) is 4.89. The van der Waals surface area contributed by atoms with Crippen LogP contribution in [0, 0.1) is 0 Å². The second kappa shape index (κ2) is 7.46. The summed E-state index contributed by atoms with van der Waals surface area (Å²) >= 11 is 6.39. The lowest BCUT2D eigenvalue weighted by atomic mass is 9.95. The van der Waals surface area contributed by atoms with Crippen LogP contribution in [0.1, 0.15) is 42.5 Å². The quantitative estimate of drug-likeness (QED) is 0.655. The number of benzene rings is 2. The highest BCUT2D eigenvalue weighted by Gasteiger charge is 2.20. The lowest BCUT2D eigenvalue weighted by molar-refractivity contribution is 0.0929. The van der Waals surface area contributed by atoms with Gasteiger partial charge in [0.25, 0.3) is 5.91 Å². The van der Waals surface area contributed by atoms with Crippen LogP contribution in [0.4, 0.5) is 0 Å². The molecule has 1 aliphatic carbocycles. The van der Waals surface area contributed by atoms with Crippen LogP contribution in [0.3, 0.4) is 0 Å². The van der Waals surface area contributed by atoms with Crippen LogP contribution in [0.5, 0.6) is 0 Å². The van der Waals surface area contributed by atoms with E-state index in [1.54, 1.807) is 0 Å². The van der Waals surface area contributed by atoms with Crippen molar-refractivity contribution in [3.63, 3.8) is 0 Å². The molecular weight excluding hydrogens is 344 g/mol. The van der Waals surface area contributed by atoms with E-state index in [-0.39, 0.29) is 11.9 Å². The zero-order valence-electron chi connectivity index (χ0n) is 14.5. The Bertz CT molecular complexity index is 934. The summed E-state index contributed by atoms with van der Waals surface area (Å²) in [5.41, 5.74) is 3.05. The van der Waals surface area contributed by atoms with Gasteiger partial charge in [0.1, 0.15) is 0 Å². The Morgan fingerprint density at radius 1 is 1.00 bits per heavy atom. The van der Waals surface area contributed by atoms with E-state index in [1.165, 1.54) is 19.3 Å². The van der Waals surface area contributed by atoms with Crippen molar-refractivity contribution in [2.75, 3.05) is 0 Å². The summed E-state index contributed by atoms with van der Waals surface area (Å²) in [6.07, 6.45) is 5.74. The average Bonchev–Trinajstić information content (AvgIpc) is 2.69. The Balaban J connectivity index is 1.79. The van der Waals surface area contributed by atoms with E-state index in [0.29, 0.717) is 16.1 Å². The molecule has 26 heavy (non-hydrogen) atoms. The number of para-hydroxylation sites is 1. The third-order valence-corrected chi connectivity index (χ3v) is 5.35. The third kappa shape index (κ3) is 3.45. The molecule has 3 nitrogen and oxygen atoms in total. The molecule has 132 valence electrons. The molecule has 4 heteroatoms. The maximum atomic E-state index is 13.0. The monoisotopic (exact) mass is 364 g/mol. The van der Waals surface area contributed by atoms with Crippen LogP contribution in [0.15, 0.2) is 54.6 Å². The number of amides is 1.